The Labute approximate surface area is 88.8 Å². The van der Waals surface area contributed by atoms with Gasteiger partial charge < -0.3 is 15.1 Å². The number of nitrogens with zero attached hydrogens (tertiary/aromatic N) is 1. The number of hydrogen-bond donors (Lipinski definition) is 2. The standard InChI is InChI=1S/C11H15NO3/c1-8(7-13)12(2)11(15)9-3-5-10(14)6-4-9/h3-6,8,13-14H,7H2,1-2H3. The van der Waals surface area contributed by atoms with E-state index in [1.807, 2.05) is 0 Å². The Hall–Kier alpha value is -1.55. The molecule has 0 aliphatic rings. The number of rotatable bonds is 3. The van der Waals surface area contributed by atoms with Gasteiger partial charge in [0.25, 0.3) is 5.91 Å². The van der Waals surface area contributed by atoms with Gasteiger partial charge in [-0.05, 0) is 31.2 Å². The fourth-order valence-electron chi connectivity index (χ4n) is 1.13. The van der Waals surface area contributed by atoms with Crippen LogP contribution in [0.1, 0.15) is 17.3 Å². The molecule has 0 radical (unpaired) electrons. The molecule has 0 saturated heterocycles. The van der Waals surface area contributed by atoms with Crippen LogP contribution in [0.15, 0.2) is 24.3 Å². The van der Waals surface area contributed by atoms with E-state index < -0.39 is 0 Å². The zero-order valence-corrected chi connectivity index (χ0v) is 8.84. The predicted octanol–water partition coefficient (Wildman–Crippen LogP) is 0.845. The quantitative estimate of drug-likeness (QED) is 0.775. The Morgan fingerprint density at radius 2 is 1.93 bits per heavy atom. The molecular weight excluding hydrogens is 194 g/mol. The monoisotopic (exact) mass is 209 g/mol. The van der Waals surface area contributed by atoms with Crippen molar-refractivity contribution in [3.63, 3.8) is 0 Å². The maximum Gasteiger partial charge on any atom is 0.253 e. The van der Waals surface area contributed by atoms with Gasteiger partial charge in [-0.15, -0.1) is 0 Å². The highest BCUT2D eigenvalue weighted by Gasteiger charge is 2.16. The van der Waals surface area contributed by atoms with Crippen LogP contribution < -0.4 is 0 Å². The summed E-state index contributed by atoms with van der Waals surface area (Å²) in [4.78, 5) is 13.3. The van der Waals surface area contributed by atoms with Gasteiger partial charge in [0.05, 0.1) is 12.6 Å². The number of likely N-dealkylation sites (N-methyl/N-ethyl adjacent to an activating group) is 1. The molecule has 0 aliphatic carbocycles. The fourth-order valence-corrected chi connectivity index (χ4v) is 1.13. The molecule has 0 aliphatic heterocycles. The number of hydrogen-bond acceptors (Lipinski definition) is 3. The highest BCUT2D eigenvalue weighted by molar-refractivity contribution is 5.94. The van der Waals surface area contributed by atoms with Crippen LogP contribution in [0.3, 0.4) is 0 Å². The molecule has 0 spiro atoms. The number of phenolic OH excluding ortho intramolecular Hbond substituents is 1. The van der Waals surface area contributed by atoms with Crippen LogP contribution in [-0.4, -0.2) is 40.7 Å². The van der Waals surface area contributed by atoms with Gasteiger partial charge in [0.2, 0.25) is 0 Å². The second kappa shape index (κ2) is 4.79. The van der Waals surface area contributed by atoms with Crippen molar-refractivity contribution in [2.24, 2.45) is 0 Å². The van der Waals surface area contributed by atoms with Crippen molar-refractivity contribution in [2.45, 2.75) is 13.0 Å². The van der Waals surface area contributed by atoms with E-state index in [-0.39, 0.29) is 24.3 Å². The van der Waals surface area contributed by atoms with Crippen molar-refractivity contribution in [3.8, 4) is 5.75 Å². The molecule has 1 atom stereocenters. The Morgan fingerprint density at radius 1 is 1.40 bits per heavy atom. The van der Waals surface area contributed by atoms with E-state index in [4.69, 9.17) is 10.2 Å². The molecule has 15 heavy (non-hydrogen) atoms. The van der Waals surface area contributed by atoms with Gasteiger partial charge in [0.1, 0.15) is 5.75 Å². The highest BCUT2D eigenvalue weighted by atomic mass is 16.3. The van der Waals surface area contributed by atoms with E-state index in [0.717, 1.165) is 0 Å². The summed E-state index contributed by atoms with van der Waals surface area (Å²) >= 11 is 0. The van der Waals surface area contributed by atoms with Crippen LogP contribution in [-0.2, 0) is 0 Å². The Kier molecular flexibility index (Phi) is 3.68. The molecule has 4 nitrogen and oxygen atoms in total. The van der Waals surface area contributed by atoms with Crippen molar-refractivity contribution in [2.75, 3.05) is 13.7 Å². The topological polar surface area (TPSA) is 60.8 Å². The lowest BCUT2D eigenvalue weighted by Gasteiger charge is -2.23. The smallest absolute Gasteiger partial charge is 0.253 e. The lowest BCUT2D eigenvalue weighted by Crippen LogP contribution is -2.37. The number of carbonyl (C=O) groups excluding carboxylic acids is 1. The minimum Gasteiger partial charge on any atom is -0.508 e. The number of phenols is 1. The van der Waals surface area contributed by atoms with E-state index in [2.05, 4.69) is 0 Å². The van der Waals surface area contributed by atoms with Gasteiger partial charge in [-0.1, -0.05) is 0 Å². The minimum atomic E-state index is -0.216. The molecule has 1 aromatic carbocycles. The molecule has 82 valence electrons. The summed E-state index contributed by atoms with van der Waals surface area (Å²) in [6.07, 6.45) is 0. The first-order valence-electron chi connectivity index (χ1n) is 4.73. The lowest BCUT2D eigenvalue weighted by molar-refractivity contribution is 0.0682. The molecule has 0 fully saturated rings. The van der Waals surface area contributed by atoms with Crippen LogP contribution in [0.2, 0.25) is 0 Å². The maximum absolute atomic E-state index is 11.8. The van der Waals surface area contributed by atoms with Crippen LogP contribution >= 0.6 is 0 Å². The molecule has 1 amide bonds. The zero-order valence-electron chi connectivity index (χ0n) is 8.84. The van der Waals surface area contributed by atoms with Crippen molar-refractivity contribution < 1.29 is 15.0 Å². The molecule has 4 heteroatoms. The van der Waals surface area contributed by atoms with Crippen molar-refractivity contribution >= 4 is 5.91 Å². The third-order valence-electron chi connectivity index (χ3n) is 2.36. The summed E-state index contributed by atoms with van der Waals surface area (Å²) in [5.41, 5.74) is 0.496. The average Bonchev–Trinajstić information content (AvgIpc) is 2.27. The minimum absolute atomic E-state index is 0.0691. The molecule has 0 aromatic heterocycles. The number of aromatic hydroxyl groups is 1. The summed E-state index contributed by atoms with van der Waals surface area (Å²) in [5.74, 6) is -0.0408. The van der Waals surface area contributed by atoms with Crippen LogP contribution in [0.5, 0.6) is 5.75 Å². The van der Waals surface area contributed by atoms with Gasteiger partial charge in [0.15, 0.2) is 0 Å². The normalized spacial score (nSPS) is 12.2. The van der Waals surface area contributed by atoms with E-state index in [1.165, 1.54) is 17.0 Å². The number of aliphatic hydroxyl groups is 1. The first-order chi connectivity index (χ1) is 7.06. The Bertz CT molecular complexity index is 334. The lowest BCUT2D eigenvalue weighted by atomic mass is 10.1. The van der Waals surface area contributed by atoms with E-state index >= 15 is 0 Å². The molecule has 0 heterocycles. The summed E-state index contributed by atoms with van der Waals surface area (Å²) in [5, 5.41) is 18.0. The molecule has 1 unspecified atom stereocenters. The number of benzene rings is 1. The average molecular weight is 209 g/mol. The molecule has 0 saturated carbocycles. The summed E-state index contributed by atoms with van der Waals surface area (Å²) < 4.78 is 0. The third-order valence-corrected chi connectivity index (χ3v) is 2.36. The van der Waals surface area contributed by atoms with Crippen molar-refractivity contribution in [3.05, 3.63) is 29.8 Å². The zero-order chi connectivity index (χ0) is 11.4. The number of amides is 1. The third kappa shape index (κ3) is 2.70. The second-order valence-electron chi connectivity index (χ2n) is 3.49. The van der Waals surface area contributed by atoms with E-state index in [9.17, 15) is 4.79 Å². The van der Waals surface area contributed by atoms with Gasteiger partial charge in [-0.3, -0.25) is 4.79 Å². The Balaban J connectivity index is 2.80. The first kappa shape index (κ1) is 11.5. The van der Waals surface area contributed by atoms with Gasteiger partial charge in [-0.2, -0.15) is 0 Å². The van der Waals surface area contributed by atoms with Crippen LogP contribution in [0, 0.1) is 0 Å². The van der Waals surface area contributed by atoms with Crippen molar-refractivity contribution in [1.82, 2.24) is 4.90 Å². The highest BCUT2D eigenvalue weighted by Crippen LogP contribution is 2.12. The van der Waals surface area contributed by atoms with Gasteiger partial charge in [-0.25, -0.2) is 0 Å². The second-order valence-corrected chi connectivity index (χ2v) is 3.49. The van der Waals surface area contributed by atoms with Gasteiger partial charge in [0, 0.05) is 12.6 Å². The number of aliphatic hydroxyl groups excluding tert-OH is 1. The summed E-state index contributed by atoms with van der Waals surface area (Å²) in [6.45, 7) is 1.69. The summed E-state index contributed by atoms with van der Waals surface area (Å²) in [6, 6.07) is 5.82. The molecule has 1 rings (SSSR count). The van der Waals surface area contributed by atoms with Crippen molar-refractivity contribution in [1.29, 1.82) is 0 Å². The molecule has 2 N–H and O–H groups in total. The van der Waals surface area contributed by atoms with Crippen LogP contribution in [0.25, 0.3) is 0 Å². The van der Waals surface area contributed by atoms with Gasteiger partial charge >= 0.3 is 0 Å². The molecule has 0 bridgehead atoms. The SMILES string of the molecule is CC(CO)N(C)C(=O)c1ccc(O)cc1. The number of carbonyl (C=O) groups is 1. The van der Waals surface area contributed by atoms with Crippen LogP contribution in [0.4, 0.5) is 0 Å². The Morgan fingerprint density at radius 3 is 2.40 bits per heavy atom. The van der Waals surface area contributed by atoms with E-state index in [1.54, 1.807) is 26.1 Å². The largest absolute Gasteiger partial charge is 0.508 e. The molecular formula is C11H15NO3. The van der Waals surface area contributed by atoms with E-state index in [0.29, 0.717) is 5.56 Å². The maximum atomic E-state index is 11.8. The molecule has 1 aromatic rings. The summed E-state index contributed by atoms with van der Waals surface area (Å²) in [7, 11) is 1.63. The predicted molar refractivity (Wildman–Crippen MR) is 56.7 cm³/mol. The fraction of sp³-hybridized carbons (Fsp3) is 0.364. The first-order valence-corrected chi connectivity index (χ1v) is 4.73.